The number of hydrogen-bond acceptors (Lipinski definition) is 3. The Morgan fingerprint density at radius 2 is 2.26 bits per heavy atom. The van der Waals surface area contributed by atoms with E-state index >= 15 is 0 Å². The first-order valence-corrected chi connectivity index (χ1v) is 6.39. The minimum Gasteiger partial charge on any atom is -0.493 e. The highest BCUT2D eigenvalue weighted by Crippen LogP contribution is 2.18. The summed E-state index contributed by atoms with van der Waals surface area (Å²) in [4.78, 5) is 11.0. The van der Waals surface area contributed by atoms with Crippen LogP contribution >= 0.6 is 0 Å². The zero-order chi connectivity index (χ0) is 14.3. The predicted molar refractivity (Wildman–Crippen MR) is 71.0 cm³/mol. The number of carboxylic acid groups (broad SMARTS) is 1. The van der Waals surface area contributed by atoms with Gasteiger partial charge in [-0.3, -0.25) is 4.79 Å². The van der Waals surface area contributed by atoms with Crippen LogP contribution in [0.15, 0.2) is 18.2 Å². The second-order valence-corrected chi connectivity index (χ2v) is 4.39. The topological polar surface area (TPSA) is 58.6 Å². The Labute approximate surface area is 112 Å². The number of nitrogens with one attached hydrogen (secondary N) is 1. The van der Waals surface area contributed by atoms with Crippen LogP contribution in [0.2, 0.25) is 0 Å². The van der Waals surface area contributed by atoms with Crippen molar-refractivity contribution in [3.63, 3.8) is 0 Å². The van der Waals surface area contributed by atoms with E-state index in [2.05, 4.69) is 5.32 Å². The Hall–Kier alpha value is -1.62. The Kier molecular flexibility index (Phi) is 6.29. The summed E-state index contributed by atoms with van der Waals surface area (Å²) in [5.74, 6) is -0.799. The lowest BCUT2D eigenvalue weighted by Gasteiger charge is -2.15. The van der Waals surface area contributed by atoms with Crippen LogP contribution in [-0.4, -0.2) is 30.3 Å². The first-order valence-electron chi connectivity index (χ1n) is 6.39. The van der Waals surface area contributed by atoms with Gasteiger partial charge in [-0.25, -0.2) is 4.39 Å². The van der Waals surface area contributed by atoms with Gasteiger partial charge >= 0.3 is 5.97 Å². The van der Waals surface area contributed by atoms with Gasteiger partial charge < -0.3 is 15.2 Å². The number of carbonyl (C=O) groups is 1. The third-order valence-corrected chi connectivity index (χ3v) is 2.75. The highest BCUT2D eigenvalue weighted by atomic mass is 19.1. The molecule has 2 N–H and O–H groups in total. The molecule has 5 heteroatoms. The summed E-state index contributed by atoms with van der Waals surface area (Å²) in [5.41, 5.74) is 0.829. The van der Waals surface area contributed by atoms with E-state index < -0.39 is 12.0 Å². The number of halogens is 1. The molecule has 1 aromatic carbocycles. The molecule has 1 unspecified atom stereocenters. The van der Waals surface area contributed by atoms with Crippen molar-refractivity contribution in [2.75, 3.05) is 13.2 Å². The van der Waals surface area contributed by atoms with E-state index in [1.165, 1.54) is 12.1 Å². The summed E-state index contributed by atoms with van der Waals surface area (Å²) >= 11 is 0. The molecule has 0 aliphatic heterocycles. The van der Waals surface area contributed by atoms with Gasteiger partial charge in [-0.05, 0) is 31.5 Å². The molecule has 0 spiro atoms. The molecule has 0 heterocycles. The molecule has 1 aromatic rings. The molecule has 4 nitrogen and oxygen atoms in total. The SMILES string of the molecule is CCCNC(CCOc1cc(F)ccc1C)C(=O)O. The van der Waals surface area contributed by atoms with Crippen LogP contribution in [-0.2, 0) is 4.79 Å². The minimum atomic E-state index is -0.895. The van der Waals surface area contributed by atoms with Crippen LogP contribution in [0.5, 0.6) is 5.75 Å². The predicted octanol–water partition coefficient (Wildman–Crippen LogP) is 2.36. The summed E-state index contributed by atoms with van der Waals surface area (Å²) in [5, 5.41) is 11.9. The summed E-state index contributed by atoms with van der Waals surface area (Å²) in [6.07, 6.45) is 1.21. The molecular weight excluding hydrogens is 249 g/mol. The largest absolute Gasteiger partial charge is 0.493 e. The van der Waals surface area contributed by atoms with E-state index in [-0.39, 0.29) is 12.4 Å². The average molecular weight is 269 g/mol. The lowest BCUT2D eigenvalue weighted by atomic mass is 10.2. The fraction of sp³-hybridized carbons (Fsp3) is 0.500. The molecule has 1 atom stereocenters. The van der Waals surface area contributed by atoms with E-state index in [4.69, 9.17) is 9.84 Å². The Morgan fingerprint density at radius 3 is 2.89 bits per heavy atom. The number of aryl methyl sites for hydroxylation is 1. The van der Waals surface area contributed by atoms with E-state index in [1.807, 2.05) is 13.8 Å². The van der Waals surface area contributed by atoms with Crippen molar-refractivity contribution in [1.29, 1.82) is 0 Å². The van der Waals surface area contributed by atoms with Crippen molar-refractivity contribution in [3.8, 4) is 5.75 Å². The molecular formula is C14H20FNO3. The van der Waals surface area contributed by atoms with Gasteiger partial charge in [0.25, 0.3) is 0 Å². The normalized spacial score (nSPS) is 12.2. The second kappa shape index (κ2) is 7.74. The maximum absolute atomic E-state index is 13.0. The first-order chi connectivity index (χ1) is 9.04. The van der Waals surface area contributed by atoms with Crippen LogP contribution < -0.4 is 10.1 Å². The van der Waals surface area contributed by atoms with Gasteiger partial charge in [0.15, 0.2) is 0 Å². The number of ether oxygens (including phenoxy) is 1. The van der Waals surface area contributed by atoms with Gasteiger partial charge in [0.2, 0.25) is 0 Å². The molecule has 0 amide bonds. The third-order valence-electron chi connectivity index (χ3n) is 2.75. The van der Waals surface area contributed by atoms with Gasteiger partial charge in [0.1, 0.15) is 17.6 Å². The second-order valence-electron chi connectivity index (χ2n) is 4.39. The zero-order valence-corrected chi connectivity index (χ0v) is 11.3. The molecule has 0 fully saturated rings. The van der Waals surface area contributed by atoms with Crippen LogP contribution in [0.25, 0.3) is 0 Å². The van der Waals surface area contributed by atoms with Crippen LogP contribution in [0.3, 0.4) is 0 Å². The Bertz CT molecular complexity index is 423. The lowest BCUT2D eigenvalue weighted by molar-refractivity contribution is -0.139. The van der Waals surface area contributed by atoms with Crippen LogP contribution in [0.1, 0.15) is 25.3 Å². The van der Waals surface area contributed by atoms with Crippen molar-refractivity contribution < 1.29 is 19.0 Å². The minimum absolute atomic E-state index is 0.234. The van der Waals surface area contributed by atoms with Crippen LogP contribution in [0, 0.1) is 12.7 Å². The highest BCUT2D eigenvalue weighted by Gasteiger charge is 2.16. The summed E-state index contributed by atoms with van der Waals surface area (Å²) in [6.45, 7) is 4.67. The number of hydrogen-bond donors (Lipinski definition) is 2. The van der Waals surface area contributed by atoms with Gasteiger partial charge in [-0.1, -0.05) is 13.0 Å². The molecule has 0 aliphatic rings. The first kappa shape index (κ1) is 15.4. The Morgan fingerprint density at radius 1 is 1.53 bits per heavy atom. The standard InChI is InChI=1S/C14H20FNO3/c1-3-7-16-12(14(17)18)6-8-19-13-9-11(15)5-4-10(13)2/h4-5,9,12,16H,3,6-8H2,1-2H3,(H,17,18). The molecule has 1 rings (SSSR count). The molecule has 0 saturated heterocycles. The van der Waals surface area contributed by atoms with Gasteiger partial charge in [-0.2, -0.15) is 0 Å². The smallest absolute Gasteiger partial charge is 0.320 e. The number of rotatable bonds is 8. The molecule has 0 radical (unpaired) electrons. The fourth-order valence-corrected chi connectivity index (χ4v) is 1.65. The van der Waals surface area contributed by atoms with Crippen molar-refractivity contribution >= 4 is 5.97 Å². The van der Waals surface area contributed by atoms with E-state index in [0.29, 0.717) is 18.7 Å². The van der Waals surface area contributed by atoms with E-state index in [1.54, 1.807) is 6.07 Å². The lowest BCUT2D eigenvalue weighted by Crippen LogP contribution is -2.38. The van der Waals surface area contributed by atoms with Gasteiger partial charge in [0, 0.05) is 12.5 Å². The highest BCUT2D eigenvalue weighted by molar-refractivity contribution is 5.73. The molecule has 0 saturated carbocycles. The monoisotopic (exact) mass is 269 g/mol. The fourth-order valence-electron chi connectivity index (χ4n) is 1.65. The number of aliphatic carboxylic acids is 1. The van der Waals surface area contributed by atoms with Gasteiger partial charge in [-0.15, -0.1) is 0 Å². The molecule has 0 aromatic heterocycles. The van der Waals surface area contributed by atoms with Crippen molar-refractivity contribution in [2.45, 2.75) is 32.7 Å². The van der Waals surface area contributed by atoms with Crippen molar-refractivity contribution in [1.82, 2.24) is 5.32 Å². The summed E-state index contributed by atoms with van der Waals surface area (Å²) < 4.78 is 18.5. The molecule has 0 bridgehead atoms. The zero-order valence-electron chi connectivity index (χ0n) is 11.3. The van der Waals surface area contributed by atoms with Crippen LogP contribution in [0.4, 0.5) is 4.39 Å². The van der Waals surface area contributed by atoms with Gasteiger partial charge in [0.05, 0.1) is 6.61 Å². The van der Waals surface area contributed by atoms with E-state index in [9.17, 15) is 9.18 Å². The third kappa shape index (κ3) is 5.26. The molecule has 106 valence electrons. The summed E-state index contributed by atoms with van der Waals surface area (Å²) in [6, 6.07) is 3.68. The maximum atomic E-state index is 13.0. The molecule has 0 aliphatic carbocycles. The maximum Gasteiger partial charge on any atom is 0.320 e. The number of carboxylic acids is 1. The number of benzene rings is 1. The van der Waals surface area contributed by atoms with Crippen molar-refractivity contribution in [3.05, 3.63) is 29.6 Å². The van der Waals surface area contributed by atoms with Crippen molar-refractivity contribution in [2.24, 2.45) is 0 Å². The Balaban J connectivity index is 2.47. The van der Waals surface area contributed by atoms with E-state index in [0.717, 1.165) is 12.0 Å². The average Bonchev–Trinajstić information content (AvgIpc) is 2.37. The quantitative estimate of drug-likeness (QED) is 0.760. The molecule has 19 heavy (non-hydrogen) atoms. The summed E-state index contributed by atoms with van der Waals surface area (Å²) in [7, 11) is 0.